The zero-order valence-electron chi connectivity index (χ0n) is 28.7. The van der Waals surface area contributed by atoms with E-state index in [9.17, 15) is 5.11 Å². The molecule has 3 aromatic carbocycles. The lowest BCUT2D eigenvalue weighted by Gasteiger charge is -2.27. The van der Waals surface area contributed by atoms with Crippen LogP contribution >= 0.6 is 0 Å². The van der Waals surface area contributed by atoms with Gasteiger partial charge in [-0.1, -0.05) is 105 Å². The van der Waals surface area contributed by atoms with Gasteiger partial charge in [-0.25, -0.2) is 4.98 Å². The van der Waals surface area contributed by atoms with E-state index in [0.29, 0.717) is 11.7 Å². The van der Waals surface area contributed by atoms with Crippen molar-refractivity contribution in [3.63, 3.8) is 0 Å². The Kier molecular flexibility index (Phi) is 7.95. The molecule has 44 heavy (non-hydrogen) atoms. The van der Waals surface area contributed by atoms with Crippen molar-refractivity contribution in [3.05, 3.63) is 83.6 Å². The maximum absolute atomic E-state index is 11.7. The van der Waals surface area contributed by atoms with E-state index in [1.54, 1.807) is 0 Å². The standard InChI is InChI=1S/C39H49N3OSi/c1-24(2)25-18-26(20-27(19-25)33-17-16-29(23-40-33)44(10,11)12)30-14-13-15-34-35(30)41-37(42(34)9)31-21-28(38(3,4)5)22-32(36(31)43)39(6,7)8/h13-24,43H,1-12H3. The van der Waals surface area contributed by atoms with Crippen molar-refractivity contribution in [1.82, 2.24) is 14.5 Å². The zero-order valence-corrected chi connectivity index (χ0v) is 29.7. The molecule has 5 heteroatoms. The third-order valence-corrected chi connectivity index (χ3v) is 10.8. The highest BCUT2D eigenvalue weighted by atomic mass is 28.3. The number of aromatic nitrogens is 3. The Labute approximate surface area is 265 Å². The van der Waals surface area contributed by atoms with E-state index in [2.05, 4.69) is 146 Å². The number of pyridine rings is 1. The first-order chi connectivity index (χ1) is 20.4. The van der Waals surface area contributed by atoms with Crippen LogP contribution in [0.15, 0.2) is 66.9 Å². The van der Waals surface area contributed by atoms with E-state index < -0.39 is 8.07 Å². The van der Waals surface area contributed by atoms with Gasteiger partial charge in [0.1, 0.15) is 11.6 Å². The van der Waals surface area contributed by atoms with Crippen LogP contribution in [0.25, 0.3) is 44.8 Å². The molecule has 0 fully saturated rings. The van der Waals surface area contributed by atoms with Gasteiger partial charge in [-0.15, -0.1) is 0 Å². The highest BCUT2D eigenvalue weighted by Crippen LogP contribution is 2.43. The predicted octanol–water partition coefficient (Wildman–Crippen LogP) is 9.94. The molecule has 2 heterocycles. The van der Waals surface area contributed by atoms with Gasteiger partial charge in [0, 0.05) is 29.9 Å². The molecule has 0 bridgehead atoms. The number of aryl methyl sites for hydroxylation is 1. The molecule has 0 amide bonds. The third-order valence-electron chi connectivity index (χ3n) is 8.79. The monoisotopic (exact) mass is 603 g/mol. The van der Waals surface area contributed by atoms with Crippen molar-refractivity contribution < 1.29 is 5.11 Å². The Morgan fingerprint density at radius 3 is 2.05 bits per heavy atom. The van der Waals surface area contributed by atoms with Crippen molar-refractivity contribution in [2.45, 2.75) is 91.8 Å². The number of aromatic hydroxyl groups is 1. The maximum atomic E-state index is 11.7. The number of hydrogen-bond donors (Lipinski definition) is 1. The van der Waals surface area contributed by atoms with Crippen LogP contribution in [-0.2, 0) is 17.9 Å². The summed E-state index contributed by atoms with van der Waals surface area (Å²) in [6.07, 6.45) is 2.07. The van der Waals surface area contributed by atoms with Gasteiger partial charge in [0.2, 0.25) is 0 Å². The lowest BCUT2D eigenvalue weighted by Crippen LogP contribution is -2.37. The Hall–Kier alpha value is -3.70. The summed E-state index contributed by atoms with van der Waals surface area (Å²) < 4.78 is 2.12. The van der Waals surface area contributed by atoms with Crippen molar-refractivity contribution in [2.24, 2.45) is 7.05 Å². The van der Waals surface area contributed by atoms with Crippen LogP contribution in [-0.4, -0.2) is 27.7 Å². The normalized spacial score (nSPS) is 12.8. The molecule has 0 saturated carbocycles. The summed E-state index contributed by atoms with van der Waals surface area (Å²) in [5.74, 6) is 1.44. The summed E-state index contributed by atoms with van der Waals surface area (Å²) in [5.41, 5.74) is 10.1. The van der Waals surface area contributed by atoms with Crippen LogP contribution in [0.5, 0.6) is 5.75 Å². The van der Waals surface area contributed by atoms with Crippen molar-refractivity contribution >= 4 is 24.3 Å². The maximum Gasteiger partial charge on any atom is 0.144 e. The van der Waals surface area contributed by atoms with E-state index in [1.165, 1.54) is 16.3 Å². The molecule has 0 spiro atoms. The molecule has 0 aliphatic carbocycles. The average molecular weight is 604 g/mol. The second-order valence-corrected chi connectivity index (χ2v) is 20.8. The SMILES string of the molecule is CC(C)c1cc(-c2ccc([Si](C)(C)C)cn2)cc(-c2cccc3c2nc(-c2cc(C(C)(C)C)cc(C(C)(C)C)c2O)n3C)c1. The second-order valence-electron chi connectivity index (χ2n) is 15.8. The summed E-state index contributed by atoms with van der Waals surface area (Å²) >= 11 is 0. The molecule has 4 nitrogen and oxygen atoms in total. The molecule has 230 valence electrons. The molecular weight excluding hydrogens is 555 g/mol. The molecule has 1 N–H and O–H groups in total. The molecular formula is C39H49N3OSi. The summed E-state index contributed by atoms with van der Waals surface area (Å²) in [6.45, 7) is 24.6. The van der Waals surface area contributed by atoms with Gasteiger partial charge in [0.05, 0.1) is 30.4 Å². The zero-order chi connectivity index (χ0) is 32.4. The first-order valence-electron chi connectivity index (χ1n) is 15.8. The van der Waals surface area contributed by atoms with E-state index >= 15 is 0 Å². The van der Waals surface area contributed by atoms with Crippen LogP contribution in [0.4, 0.5) is 0 Å². The van der Waals surface area contributed by atoms with E-state index in [1.807, 2.05) is 7.05 Å². The summed E-state index contributed by atoms with van der Waals surface area (Å²) in [6, 6.07) is 21.9. The number of para-hydroxylation sites is 1. The topological polar surface area (TPSA) is 50.9 Å². The van der Waals surface area contributed by atoms with Crippen molar-refractivity contribution in [3.8, 4) is 39.5 Å². The second kappa shape index (κ2) is 11.0. The molecule has 0 unspecified atom stereocenters. The van der Waals surface area contributed by atoms with Gasteiger partial charge in [-0.05, 0) is 69.0 Å². The average Bonchev–Trinajstić information content (AvgIpc) is 3.27. The minimum atomic E-state index is -1.43. The fraction of sp³-hybridized carbons (Fsp3) is 0.385. The number of hydrogen-bond acceptors (Lipinski definition) is 3. The van der Waals surface area contributed by atoms with Crippen LogP contribution in [0.2, 0.25) is 19.6 Å². The summed E-state index contributed by atoms with van der Waals surface area (Å²) in [5, 5.41) is 13.0. The van der Waals surface area contributed by atoms with Gasteiger partial charge in [0.25, 0.3) is 0 Å². The Balaban J connectivity index is 1.72. The summed E-state index contributed by atoms with van der Waals surface area (Å²) in [7, 11) is 0.615. The van der Waals surface area contributed by atoms with E-state index in [0.717, 1.165) is 50.4 Å². The van der Waals surface area contributed by atoms with Gasteiger partial charge in [0.15, 0.2) is 0 Å². The molecule has 0 radical (unpaired) electrons. The number of fused-ring (bicyclic) bond motifs is 1. The van der Waals surface area contributed by atoms with Gasteiger partial charge >= 0.3 is 0 Å². The van der Waals surface area contributed by atoms with Crippen molar-refractivity contribution in [2.75, 3.05) is 0 Å². The lowest BCUT2D eigenvalue weighted by molar-refractivity contribution is 0.446. The lowest BCUT2D eigenvalue weighted by atomic mass is 9.79. The molecule has 0 aliphatic rings. The van der Waals surface area contributed by atoms with Crippen LogP contribution in [0, 0.1) is 0 Å². The highest BCUT2D eigenvalue weighted by molar-refractivity contribution is 6.88. The number of phenols is 1. The minimum absolute atomic E-state index is 0.0762. The molecule has 2 aromatic heterocycles. The molecule has 0 saturated heterocycles. The Morgan fingerprint density at radius 1 is 0.795 bits per heavy atom. The first kappa shape index (κ1) is 31.7. The Morgan fingerprint density at radius 2 is 1.48 bits per heavy atom. The molecule has 5 aromatic rings. The quantitative estimate of drug-likeness (QED) is 0.203. The number of imidazole rings is 1. The number of rotatable bonds is 5. The smallest absolute Gasteiger partial charge is 0.144 e. The fourth-order valence-electron chi connectivity index (χ4n) is 5.79. The summed E-state index contributed by atoms with van der Waals surface area (Å²) in [4.78, 5) is 10.2. The number of phenolic OH excluding ortho intramolecular Hbond substituents is 1. The van der Waals surface area contributed by atoms with Gasteiger partial charge in [-0.3, -0.25) is 4.98 Å². The minimum Gasteiger partial charge on any atom is -0.507 e. The largest absolute Gasteiger partial charge is 0.507 e. The predicted molar refractivity (Wildman–Crippen MR) is 191 cm³/mol. The van der Waals surface area contributed by atoms with Crippen LogP contribution < -0.4 is 5.19 Å². The molecule has 0 aliphatic heterocycles. The van der Waals surface area contributed by atoms with Crippen LogP contribution in [0.1, 0.15) is 78.0 Å². The Bertz CT molecular complexity index is 1840. The number of benzene rings is 3. The van der Waals surface area contributed by atoms with Gasteiger partial charge in [-0.2, -0.15) is 0 Å². The van der Waals surface area contributed by atoms with E-state index in [4.69, 9.17) is 9.97 Å². The van der Waals surface area contributed by atoms with Crippen molar-refractivity contribution in [1.29, 1.82) is 0 Å². The highest BCUT2D eigenvalue weighted by Gasteiger charge is 2.27. The molecule has 5 rings (SSSR count). The fourth-order valence-corrected chi connectivity index (χ4v) is 6.83. The van der Waals surface area contributed by atoms with E-state index in [-0.39, 0.29) is 10.8 Å². The first-order valence-corrected chi connectivity index (χ1v) is 19.3. The molecule has 0 atom stereocenters. The van der Waals surface area contributed by atoms with Crippen LogP contribution in [0.3, 0.4) is 0 Å². The number of nitrogens with zero attached hydrogens (tertiary/aromatic N) is 3. The third kappa shape index (κ3) is 5.99. The van der Waals surface area contributed by atoms with Gasteiger partial charge < -0.3 is 9.67 Å².